The fourth-order valence-electron chi connectivity index (χ4n) is 5.15. The summed E-state index contributed by atoms with van der Waals surface area (Å²) in [5, 5.41) is 13.0. The molecule has 1 aliphatic heterocycles. The minimum atomic E-state index is -1.21. The number of halogens is 3. The van der Waals surface area contributed by atoms with Crippen LogP contribution in [0.25, 0.3) is 0 Å². The Morgan fingerprint density at radius 3 is 2.12 bits per heavy atom. The van der Waals surface area contributed by atoms with Crippen LogP contribution in [0.3, 0.4) is 0 Å². The second-order valence-corrected chi connectivity index (χ2v) is 12.1. The number of hydrogen-bond donors (Lipinski definition) is 2. The Morgan fingerprint density at radius 2 is 1.56 bits per heavy atom. The number of nitrogens with one attached hydrogen (secondary N) is 1. The van der Waals surface area contributed by atoms with Gasteiger partial charge in [0.25, 0.3) is 5.91 Å². The van der Waals surface area contributed by atoms with Gasteiger partial charge < -0.3 is 20.1 Å². The van der Waals surface area contributed by atoms with Crippen LogP contribution < -0.4 is 5.32 Å². The molecule has 2 N–H and O–H groups in total. The number of aliphatic carboxylic acids is 1. The first-order chi connectivity index (χ1) is 19.7. The van der Waals surface area contributed by atoms with Gasteiger partial charge in [-0.15, -0.1) is 0 Å². The molecule has 0 aliphatic carbocycles. The number of ether oxygens (including phenoxy) is 1. The maximum absolute atomic E-state index is 14.4. The van der Waals surface area contributed by atoms with Gasteiger partial charge in [0.05, 0.1) is 6.04 Å². The predicted molar refractivity (Wildman–Crippen MR) is 167 cm³/mol. The normalized spacial score (nSPS) is 19.6. The smallest absolute Gasteiger partial charge is 0.312 e. The van der Waals surface area contributed by atoms with Gasteiger partial charge in [-0.25, -0.2) is 0 Å². The van der Waals surface area contributed by atoms with E-state index in [0.717, 1.165) is 26.7 Å². The number of amides is 2. The lowest BCUT2D eigenvalue weighted by Crippen LogP contribution is -2.57. The van der Waals surface area contributed by atoms with Crippen molar-refractivity contribution in [3.05, 3.63) is 103 Å². The quantitative estimate of drug-likeness (QED) is 0.173. The molecule has 216 valence electrons. The highest BCUT2D eigenvalue weighted by Gasteiger charge is 2.46. The molecular weight excluding hydrogens is 678 g/mol. The second-order valence-electron chi connectivity index (χ2n) is 9.99. The Morgan fingerprint density at radius 1 is 0.976 bits per heavy atom. The number of morpholine rings is 1. The highest BCUT2D eigenvalue weighted by atomic mass is 127. The summed E-state index contributed by atoms with van der Waals surface area (Å²) in [7, 11) is 0. The molecule has 41 heavy (non-hydrogen) atoms. The number of carboxylic acids is 1. The Balaban J connectivity index is 1.79. The minimum Gasteiger partial charge on any atom is -0.481 e. The van der Waals surface area contributed by atoms with Crippen molar-refractivity contribution in [1.82, 2.24) is 10.2 Å². The largest absolute Gasteiger partial charge is 0.481 e. The molecule has 4 rings (SSSR count). The van der Waals surface area contributed by atoms with E-state index in [1.54, 1.807) is 24.3 Å². The van der Waals surface area contributed by atoms with Gasteiger partial charge in [0.1, 0.15) is 18.6 Å². The van der Waals surface area contributed by atoms with E-state index in [1.807, 2.05) is 60.4 Å². The lowest BCUT2D eigenvalue weighted by atomic mass is 9.88. The third-order valence-electron chi connectivity index (χ3n) is 7.03. The molecule has 0 radical (unpaired) electrons. The molecule has 2 amide bonds. The van der Waals surface area contributed by atoms with Gasteiger partial charge in [-0.05, 0) is 82.1 Å². The van der Waals surface area contributed by atoms with Crippen molar-refractivity contribution in [2.45, 2.75) is 56.9 Å². The number of benzene rings is 3. The molecule has 10 heteroatoms. The monoisotopic (exact) mass is 708 g/mol. The molecule has 1 saturated heterocycles. The van der Waals surface area contributed by atoms with Gasteiger partial charge in [0, 0.05) is 32.6 Å². The zero-order valence-electron chi connectivity index (χ0n) is 22.4. The van der Waals surface area contributed by atoms with Crippen LogP contribution >= 0.6 is 45.8 Å². The van der Waals surface area contributed by atoms with Gasteiger partial charge in [-0.3, -0.25) is 14.4 Å². The van der Waals surface area contributed by atoms with Crippen molar-refractivity contribution in [2.24, 2.45) is 0 Å². The van der Waals surface area contributed by atoms with Crippen molar-refractivity contribution < 1.29 is 24.2 Å². The summed E-state index contributed by atoms with van der Waals surface area (Å²) >= 11 is 14.7. The molecular formula is C31H31Cl2IN2O5. The maximum Gasteiger partial charge on any atom is 0.312 e. The average molecular weight is 709 g/mol. The van der Waals surface area contributed by atoms with Crippen LogP contribution in [-0.2, 0) is 25.5 Å². The second kappa shape index (κ2) is 14.5. The fourth-order valence-corrected chi connectivity index (χ4v) is 5.76. The van der Waals surface area contributed by atoms with E-state index in [2.05, 4.69) is 27.9 Å². The summed E-state index contributed by atoms with van der Waals surface area (Å²) in [5.74, 6) is -2.01. The summed E-state index contributed by atoms with van der Waals surface area (Å²) in [6.07, 6.45) is -0.271. The van der Waals surface area contributed by atoms with Gasteiger partial charge >= 0.3 is 5.97 Å². The van der Waals surface area contributed by atoms with Crippen LogP contribution in [0.5, 0.6) is 0 Å². The Kier molecular flexibility index (Phi) is 11.1. The summed E-state index contributed by atoms with van der Waals surface area (Å²) in [5.41, 5.74) is 2.64. The van der Waals surface area contributed by atoms with Crippen molar-refractivity contribution in [3.8, 4) is 0 Å². The van der Waals surface area contributed by atoms with Crippen LogP contribution in [0.4, 0.5) is 0 Å². The maximum atomic E-state index is 14.4. The average Bonchev–Trinajstić information content (AvgIpc) is 2.94. The summed E-state index contributed by atoms with van der Waals surface area (Å²) in [6.45, 7) is 2.12. The van der Waals surface area contributed by atoms with Crippen LogP contribution in [0, 0.1) is 3.57 Å². The first-order valence-corrected chi connectivity index (χ1v) is 15.2. The molecule has 1 heterocycles. The molecule has 4 atom stereocenters. The number of rotatable bonds is 11. The topological polar surface area (TPSA) is 95.9 Å². The summed E-state index contributed by atoms with van der Waals surface area (Å²) < 4.78 is 7.75. The van der Waals surface area contributed by atoms with Crippen molar-refractivity contribution in [1.29, 1.82) is 0 Å². The van der Waals surface area contributed by atoms with E-state index in [9.17, 15) is 14.4 Å². The standard InChI is InChI=1S/C31H31Cl2IN2O5/c1-2-3-25(18-35-27(37)17-28(38)39)36-29(20-6-10-22(32)11-7-20)30(21-8-12-23(33)13-9-21)41-26(31(36)40)16-19-4-14-24(34)15-5-19/h4-15,25-26,29-30H,2-3,16-18H2,1H3,(H,35,37)(H,38,39)/t25-,26+,29-,30+/m1/s1. The van der Waals surface area contributed by atoms with E-state index in [1.165, 1.54) is 0 Å². The molecule has 3 aromatic rings. The third kappa shape index (κ3) is 8.22. The van der Waals surface area contributed by atoms with E-state index in [4.69, 9.17) is 33.0 Å². The van der Waals surface area contributed by atoms with Crippen LogP contribution in [-0.4, -0.2) is 46.5 Å². The minimum absolute atomic E-state index is 0.110. The molecule has 1 aliphatic rings. The van der Waals surface area contributed by atoms with E-state index in [-0.39, 0.29) is 12.5 Å². The number of hydrogen-bond acceptors (Lipinski definition) is 4. The van der Waals surface area contributed by atoms with E-state index in [0.29, 0.717) is 22.9 Å². The number of carboxylic acid groups (broad SMARTS) is 1. The van der Waals surface area contributed by atoms with Gasteiger partial charge in [-0.1, -0.05) is 72.9 Å². The summed E-state index contributed by atoms with van der Waals surface area (Å²) in [6, 6.07) is 21.7. The first-order valence-electron chi connectivity index (χ1n) is 13.4. The third-order valence-corrected chi connectivity index (χ3v) is 8.26. The molecule has 0 saturated carbocycles. The number of carbonyl (C=O) groups excluding carboxylic acids is 2. The molecule has 3 aromatic carbocycles. The van der Waals surface area contributed by atoms with Gasteiger partial charge in [0.15, 0.2) is 0 Å². The van der Waals surface area contributed by atoms with E-state index < -0.39 is 42.6 Å². The number of nitrogens with zero attached hydrogens (tertiary/aromatic N) is 1. The molecule has 0 unspecified atom stereocenters. The van der Waals surface area contributed by atoms with Gasteiger partial charge in [0.2, 0.25) is 5.91 Å². The lowest BCUT2D eigenvalue weighted by Gasteiger charge is -2.48. The van der Waals surface area contributed by atoms with Crippen molar-refractivity contribution in [2.75, 3.05) is 6.54 Å². The Bertz CT molecular complexity index is 1350. The van der Waals surface area contributed by atoms with Crippen LogP contribution in [0.2, 0.25) is 10.0 Å². The van der Waals surface area contributed by atoms with Crippen molar-refractivity contribution in [3.63, 3.8) is 0 Å². The lowest BCUT2D eigenvalue weighted by molar-refractivity contribution is -0.179. The SMILES string of the molecule is CCC[C@H](CNC(=O)CC(=O)O)N1C(=O)[C@H](Cc2ccc(I)cc2)O[C@@H](c2ccc(Cl)cc2)[C@H]1c1ccc(Cl)cc1. The molecule has 0 bridgehead atoms. The van der Waals surface area contributed by atoms with E-state index >= 15 is 0 Å². The number of carbonyl (C=O) groups is 3. The Labute approximate surface area is 263 Å². The first kappa shape index (κ1) is 31.3. The van der Waals surface area contributed by atoms with Crippen LogP contribution in [0.1, 0.15) is 55.0 Å². The Hall–Kier alpha value is -2.66. The van der Waals surface area contributed by atoms with Crippen LogP contribution in [0.15, 0.2) is 72.8 Å². The predicted octanol–water partition coefficient (Wildman–Crippen LogP) is 6.61. The highest BCUT2D eigenvalue weighted by molar-refractivity contribution is 14.1. The zero-order chi connectivity index (χ0) is 29.5. The zero-order valence-corrected chi connectivity index (χ0v) is 26.1. The van der Waals surface area contributed by atoms with Crippen molar-refractivity contribution >= 4 is 63.6 Å². The van der Waals surface area contributed by atoms with Gasteiger partial charge in [-0.2, -0.15) is 0 Å². The molecule has 7 nitrogen and oxygen atoms in total. The summed E-state index contributed by atoms with van der Waals surface area (Å²) in [4.78, 5) is 39.6. The molecule has 0 aromatic heterocycles. The molecule has 0 spiro atoms. The highest BCUT2D eigenvalue weighted by Crippen LogP contribution is 2.44. The fraction of sp³-hybridized carbons (Fsp3) is 0.323. The molecule has 1 fully saturated rings.